The number of hydrogen-bond acceptors (Lipinski definition) is 4. The monoisotopic (exact) mass is 263 g/mol. The van der Waals surface area contributed by atoms with Gasteiger partial charge in [-0.3, -0.25) is 0 Å². The van der Waals surface area contributed by atoms with E-state index in [9.17, 15) is 4.79 Å². The quantitative estimate of drug-likeness (QED) is 0.672. The molecule has 19 heavy (non-hydrogen) atoms. The second-order valence-electron chi connectivity index (χ2n) is 5.09. The molecule has 104 valence electrons. The first-order valence-corrected chi connectivity index (χ1v) is 6.70. The van der Waals surface area contributed by atoms with Crippen molar-refractivity contribution in [3.63, 3.8) is 0 Å². The molecule has 0 heterocycles. The largest absolute Gasteiger partial charge is 0.459 e. The van der Waals surface area contributed by atoms with Crippen molar-refractivity contribution < 1.29 is 14.3 Å². The van der Waals surface area contributed by atoms with Gasteiger partial charge in [-0.25, -0.2) is 4.79 Å². The van der Waals surface area contributed by atoms with Gasteiger partial charge in [0.25, 0.3) is 0 Å². The highest BCUT2D eigenvalue weighted by molar-refractivity contribution is 5.96. The van der Waals surface area contributed by atoms with Crippen molar-refractivity contribution in [3.05, 3.63) is 29.3 Å². The van der Waals surface area contributed by atoms with Crippen LogP contribution in [0.2, 0.25) is 0 Å². The molecule has 2 N–H and O–H groups in total. The fourth-order valence-electron chi connectivity index (χ4n) is 2.60. The van der Waals surface area contributed by atoms with Crippen LogP contribution in [0.5, 0.6) is 0 Å². The molecular formula is C15H21NO3. The van der Waals surface area contributed by atoms with Gasteiger partial charge in [0.1, 0.15) is 6.10 Å². The molecule has 0 radical (unpaired) electrons. The number of ether oxygens (including phenoxy) is 2. The van der Waals surface area contributed by atoms with E-state index in [1.807, 2.05) is 19.1 Å². The van der Waals surface area contributed by atoms with Crippen LogP contribution < -0.4 is 5.73 Å². The summed E-state index contributed by atoms with van der Waals surface area (Å²) in [7, 11) is 1.70. The van der Waals surface area contributed by atoms with E-state index in [-0.39, 0.29) is 18.2 Å². The second kappa shape index (κ2) is 6.06. The predicted octanol–water partition coefficient (Wildman–Crippen LogP) is 2.69. The van der Waals surface area contributed by atoms with Crippen LogP contribution >= 0.6 is 0 Å². The number of carbonyl (C=O) groups is 1. The summed E-state index contributed by atoms with van der Waals surface area (Å²) in [5.74, 6) is -0.322. The van der Waals surface area contributed by atoms with Gasteiger partial charge in [0.15, 0.2) is 0 Å². The fourth-order valence-corrected chi connectivity index (χ4v) is 2.60. The normalized spacial score (nSPS) is 23.1. The van der Waals surface area contributed by atoms with E-state index in [1.54, 1.807) is 13.2 Å². The van der Waals surface area contributed by atoms with Crippen molar-refractivity contribution >= 4 is 11.7 Å². The van der Waals surface area contributed by atoms with Crippen LogP contribution in [0.3, 0.4) is 0 Å². The molecule has 0 aromatic heterocycles. The molecule has 1 saturated carbocycles. The van der Waals surface area contributed by atoms with Crippen LogP contribution in [0.25, 0.3) is 0 Å². The molecule has 4 nitrogen and oxygen atoms in total. The van der Waals surface area contributed by atoms with Crippen LogP contribution in [-0.4, -0.2) is 25.3 Å². The Bertz CT molecular complexity index is 438. The molecule has 1 aromatic carbocycles. The van der Waals surface area contributed by atoms with Crippen molar-refractivity contribution in [3.8, 4) is 0 Å². The summed E-state index contributed by atoms with van der Waals surface area (Å²) in [6.07, 6.45) is 3.87. The maximum Gasteiger partial charge on any atom is 0.340 e. The predicted molar refractivity (Wildman–Crippen MR) is 74.1 cm³/mol. The van der Waals surface area contributed by atoms with Gasteiger partial charge >= 0.3 is 5.97 Å². The van der Waals surface area contributed by atoms with Crippen LogP contribution in [0.1, 0.15) is 41.6 Å². The van der Waals surface area contributed by atoms with E-state index < -0.39 is 0 Å². The number of nitrogen functional groups attached to an aromatic ring is 1. The summed E-state index contributed by atoms with van der Waals surface area (Å²) in [6.45, 7) is 1.87. The lowest BCUT2D eigenvalue weighted by molar-refractivity contribution is -0.0148. The Balaban J connectivity index is 2.05. The number of benzene rings is 1. The number of carbonyl (C=O) groups excluding carboxylic acids is 1. The molecule has 1 aliphatic carbocycles. The van der Waals surface area contributed by atoms with Gasteiger partial charge in [0.2, 0.25) is 0 Å². The highest BCUT2D eigenvalue weighted by Crippen LogP contribution is 2.25. The molecule has 0 aliphatic heterocycles. The molecule has 1 fully saturated rings. The minimum Gasteiger partial charge on any atom is -0.459 e. The first kappa shape index (κ1) is 13.9. The fraction of sp³-hybridized carbons (Fsp3) is 0.533. The van der Waals surface area contributed by atoms with Crippen molar-refractivity contribution in [2.24, 2.45) is 0 Å². The third-order valence-corrected chi connectivity index (χ3v) is 3.69. The van der Waals surface area contributed by atoms with Gasteiger partial charge in [-0.2, -0.15) is 0 Å². The number of hydrogen-bond donors (Lipinski definition) is 1. The summed E-state index contributed by atoms with van der Waals surface area (Å²) < 4.78 is 10.9. The topological polar surface area (TPSA) is 61.5 Å². The van der Waals surface area contributed by atoms with Crippen LogP contribution in [0.4, 0.5) is 5.69 Å². The van der Waals surface area contributed by atoms with Crippen molar-refractivity contribution in [2.75, 3.05) is 12.8 Å². The molecule has 2 rings (SSSR count). The summed E-state index contributed by atoms with van der Waals surface area (Å²) in [6, 6.07) is 5.43. The van der Waals surface area contributed by atoms with Gasteiger partial charge in [0, 0.05) is 19.2 Å². The molecule has 0 amide bonds. The minimum absolute atomic E-state index is 0.0646. The number of anilines is 1. The molecule has 0 saturated heterocycles. The van der Waals surface area contributed by atoms with E-state index in [1.165, 1.54) is 0 Å². The van der Waals surface area contributed by atoms with Crippen LogP contribution in [-0.2, 0) is 9.47 Å². The lowest BCUT2D eigenvalue weighted by Crippen LogP contribution is -2.29. The Morgan fingerprint density at radius 3 is 2.74 bits per heavy atom. The zero-order valence-electron chi connectivity index (χ0n) is 11.5. The third-order valence-electron chi connectivity index (χ3n) is 3.69. The Morgan fingerprint density at radius 1 is 1.32 bits per heavy atom. The van der Waals surface area contributed by atoms with Gasteiger partial charge in [-0.05, 0) is 37.8 Å². The maximum atomic E-state index is 12.2. The summed E-state index contributed by atoms with van der Waals surface area (Å²) in [5.41, 5.74) is 7.67. The average molecular weight is 263 g/mol. The summed E-state index contributed by atoms with van der Waals surface area (Å²) >= 11 is 0. The first-order chi connectivity index (χ1) is 9.11. The van der Waals surface area contributed by atoms with Gasteiger partial charge in [-0.1, -0.05) is 12.1 Å². The van der Waals surface area contributed by atoms with Crippen LogP contribution in [0.15, 0.2) is 18.2 Å². The molecule has 0 bridgehead atoms. The number of rotatable bonds is 3. The van der Waals surface area contributed by atoms with E-state index in [0.29, 0.717) is 11.3 Å². The molecule has 2 atom stereocenters. The van der Waals surface area contributed by atoms with E-state index >= 15 is 0 Å². The highest BCUT2D eigenvalue weighted by atomic mass is 16.5. The third kappa shape index (κ3) is 3.26. The maximum absolute atomic E-state index is 12.2. The smallest absolute Gasteiger partial charge is 0.340 e. The molecule has 1 aliphatic rings. The number of nitrogens with two attached hydrogens (primary N) is 1. The summed E-state index contributed by atoms with van der Waals surface area (Å²) in [5, 5.41) is 0. The number of methoxy groups -OCH3 is 1. The minimum atomic E-state index is -0.322. The highest BCUT2D eigenvalue weighted by Gasteiger charge is 2.26. The van der Waals surface area contributed by atoms with E-state index in [2.05, 4.69) is 0 Å². The number of aryl methyl sites for hydroxylation is 1. The van der Waals surface area contributed by atoms with E-state index in [4.69, 9.17) is 15.2 Å². The zero-order valence-corrected chi connectivity index (χ0v) is 11.5. The number of esters is 1. The Kier molecular flexibility index (Phi) is 4.43. The molecular weight excluding hydrogens is 242 g/mol. The molecule has 1 aromatic rings. The van der Waals surface area contributed by atoms with Gasteiger partial charge in [0.05, 0.1) is 11.7 Å². The Morgan fingerprint density at radius 2 is 2.05 bits per heavy atom. The van der Waals surface area contributed by atoms with Gasteiger partial charge < -0.3 is 15.2 Å². The van der Waals surface area contributed by atoms with E-state index in [0.717, 1.165) is 31.2 Å². The lowest BCUT2D eigenvalue weighted by Gasteiger charge is -2.28. The second-order valence-corrected chi connectivity index (χ2v) is 5.09. The van der Waals surface area contributed by atoms with Gasteiger partial charge in [-0.15, -0.1) is 0 Å². The van der Waals surface area contributed by atoms with Crippen molar-refractivity contribution in [1.29, 1.82) is 0 Å². The summed E-state index contributed by atoms with van der Waals surface area (Å²) in [4.78, 5) is 12.2. The van der Waals surface area contributed by atoms with Crippen molar-refractivity contribution in [1.82, 2.24) is 0 Å². The van der Waals surface area contributed by atoms with Crippen LogP contribution in [0, 0.1) is 6.92 Å². The lowest BCUT2D eigenvalue weighted by atomic mass is 9.95. The van der Waals surface area contributed by atoms with Crippen molar-refractivity contribution in [2.45, 2.75) is 44.8 Å². The standard InChI is InChI=1S/C15H21NO3/c1-10-5-3-8-13(16)14(10)15(17)19-12-7-4-6-11(9-12)18-2/h3,5,8,11-12H,4,6-7,9,16H2,1-2H3. The average Bonchev–Trinajstić information content (AvgIpc) is 2.38. The molecule has 2 unspecified atom stereocenters. The molecule has 4 heteroatoms. The SMILES string of the molecule is COC1CCCC(OC(=O)c2c(C)cccc2N)C1. The zero-order chi connectivity index (χ0) is 13.8. The molecule has 0 spiro atoms. The first-order valence-electron chi connectivity index (χ1n) is 6.70. The Hall–Kier alpha value is -1.55. The Labute approximate surface area is 113 Å².